The first-order valence-corrected chi connectivity index (χ1v) is 6.47. The van der Waals surface area contributed by atoms with Crippen molar-refractivity contribution in [3.05, 3.63) is 54.0 Å². The van der Waals surface area contributed by atoms with E-state index in [-0.39, 0.29) is 5.91 Å². The molecule has 2 heterocycles. The summed E-state index contributed by atoms with van der Waals surface area (Å²) in [5.74, 6) is 0.262. The van der Waals surface area contributed by atoms with E-state index in [1.165, 1.54) is 0 Å². The van der Waals surface area contributed by atoms with Crippen molar-refractivity contribution in [2.24, 2.45) is 0 Å². The van der Waals surface area contributed by atoms with Crippen molar-refractivity contribution in [2.75, 3.05) is 5.32 Å². The summed E-state index contributed by atoms with van der Waals surface area (Å²) in [4.78, 5) is 16.5. The van der Waals surface area contributed by atoms with Crippen molar-refractivity contribution < 1.29 is 4.79 Å². The van der Waals surface area contributed by atoms with Crippen LogP contribution in [-0.2, 0) is 6.42 Å². The van der Waals surface area contributed by atoms with Crippen molar-refractivity contribution in [2.45, 2.75) is 13.3 Å². The molecule has 0 aliphatic carbocycles. The number of rotatable bonds is 3. The van der Waals surface area contributed by atoms with Crippen LogP contribution in [0.5, 0.6) is 0 Å². The molecule has 2 N–H and O–H groups in total. The van der Waals surface area contributed by atoms with Gasteiger partial charge in [0.2, 0.25) is 0 Å². The normalized spacial score (nSPS) is 10.7. The third-order valence-corrected chi connectivity index (χ3v) is 3.14. The predicted molar refractivity (Wildman–Crippen MR) is 77.7 cm³/mol. The van der Waals surface area contributed by atoms with E-state index in [4.69, 9.17) is 0 Å². The van der Waals surface area contributed by atoms with E-state index in [9.17, 15) is 4.79 Å². The first-order chi connectivity index (χ1) is 9.78. The number of benzene rings is 1. The molecule has 0 fully saturated rings. The van der Waals surface area contributed by atoms with Gasteiger partial charge in [-0.25, -0.2) is 0 Å². The highest BCUT2D eigenvalue weighted by molar-refractivity contribution is 6.10. The third-order valence-electron chi connectivity index (χ3n) is 3.14. The summed E-state index contributed by atoms with van der Waals surface area (Å²) in [5, 5.41) is 11.5. The van der Waals surface area contributed by atoms with Gasteiger partial charge >= 0.3 is 0 Å². The van der Waals surface area contributed by atoms with E-state index >= 15 is 0 Å². The van der Waals surface area contributed by atoms with Gasteiger partial charge in [0.25, 0.3) is 5.91 Å². The zero-order valence-electron chi connectivity index (χ0n) is 11.1. The lowest BCUT2D eigenvalue weighted by Gasteiger charge is -2.04. The van der Waals surface area contributed by atoms with Crippen molar-refractivity contribution in [3.63, 3.8) is 0 Å². The van der Waals surface area contributed by atoms with Crippen LogP contribution in [0.2, 0.25) is 0 Å². The molecule has 0 saturated carbocycles. The molecule has 1 aromatic carbocycles. The number of anilines is 1. The summed E-state index contributed by atoms with van der Waals surface area (Å²) >= 11 is 0. The maximum atomic E-state index is 12.3. The highest BCUT2D eigenvalue weighted by Gasteiger charge is 2.12. The molecule has 3 aromatic rings. The van der Waals surface area contributed by atoms with E-state index in [2.05, 4.69) is 20.5 Å². The highest BCUT2D eigenvalue weighted by Crippen LogP contribution is 2.17. The molecule has 2 aromatic heterocycles. The zero-order chi connectivity index (χ0) is 13.9. The van der Waals surface area contributed by atoms with E-state index in [0.29, 0.717) is 11.5 Å². The lowest BCUT2D eigenvalue weighted by Crippen LogP contribution is -2.14. The van der Waals surface area contributed by atoms with Crippen molar-refractivity contribution in [3.8, 4) is 0 Å². The number of aromatic amines is 1. The molecule has 0 spiro atoms. The van der Waals surface area contributed by atoms with Crippen molar-refractivity contribution in [1.29, 1.82) is 0 Å². The average Bonchev–Trinajstić information content (AvgIpc) is 2.94. The van der Waals surface area contributed by atoms with Gasteiger partial charge in [0.15, 0.2) is 5.82 Å². The van der Waals surface area contributed by atoms with Crippen molar-refractivity contribution >= 4 is 22.5 Å². The Morgan fingerprint density at radius 2 is 2.15 bits per heavy atom. The molecule has 5 nitrogen and oxygen atoms in total. The van der Waals surface area contributed by atoms with Gasteiger partial charge in [-0.15, -0.1) is 0 Å². The molecule has 3 rings (SSSR count). The number of nitrogens with one attached hydrogen (secondary N) is 2. The van der Waals surface area contributed by atoms with E-state index in [0.717, 1.165) is 22.9 Å². The Kier molecular flexibility index (Phi) is 3.16. The molecule has 0 aliphatic rings. The Labute approximate surface area is 116 Å². The third kappa shape index (κ3) is 2.25. The Morgan fingerprint density at radius 3 is 2.95 bits per heavy atom. The zero-order valence-corrected chi connectivity index (χ0v) is 11.1. The van der Waals surface area contributed by atoms with Crippen LogP contribution < -0.4 is 5.32 Å². The SMILES string of the molecule is CCc1cc(NC(=O)c2nccc3ccccc23)n[nH]1. The summed E-state index contributed by atoms with van der Waals surface area (Å²) in [6, 6.07) is 11.4. The van der Waals surface area contributed by atoms with Crippen LogP contribution in [0.3, 0.4) is 0 Å². The number of aromatic nitrogens is 3. The number of carbonyl (C=O) groups excluding carboxylic acids is 1. The fourth-order valence-corrected chi connectivity index (χ4v) is 2.08. The number of carbonyl (C=O) groups is 1. The monoisotopic (exact) mass is 266 g/mol. The second-order valence-corrected chi connectivity index (χ2v) is 4.47. The van der Waals surface area contributed by atoms with Gasteiger partial charge in [0, 0.05) is 23.3 Å². The molecular weight excluding hydrogens is 252 g/mol. The van der Waals surface area contributed by atoms with Crippen LogP contribution in [0.1, 0.15) is 23.1 Å². The van der Waals surface area contributed by atoms with Gasteiger partial charge in [-0.3, -0.25) is 14.9 Å². The smallest absolute Gasteiger partial charge is 0.276 e. The molecule has 0 atom stereocenters. The molecule has 0 radical (unpaired) electrons. The van der Waals surface area contributed by atoms with E-state index in [1.54, 1.807) is 6.20 Å². The number of H-pyrrole nitrogens is 1. The molecule has 1 amide bonds. The average molecular weight is 266 g/mol. The molecular formula is C15H14N4O. The maximum absolute atomic E-state index is 12.3. The fraction of sp³-hybridized carbons (Fsp3) is 0.133. The van der Waals surface area contributed by atoms with Gasteiger partial charge < -0.3 is 5.32 Å². The Morgan fingerprint density at radius 1 is 1.30 bits per heavy atom. The number of amides is 1. The fourth-order valence-electron chi connectivity index (χ4n) is 2.08. The van der Waals surface area contributed by atoms with Crippen LogP contribution >= 0.6 is 0 Å². The minimum Gasteiger partial charge on any atom is -0.304 e. The Hall–Kier alpha value is -2.69. The van der Waals surface area contributed by atoms with E-state index in [1.807, 2.05) is 43.3 Å². The van der Waals surface area contributed by atoms with Gasteiger partial charge in [0.05, 0.1) is 0 Å². The Bertz CT molecular complexity index is 758. The summed E-state index contributed by atoms with van der Waals surface area (Å²) in [7, 11) is 0. The summed E-state index contributed by atoms with van der Waals surface area (Å²) in [6.45, 7) is 2.02. The second kappa shape index (κ2) is 5.13. The standard InChI is InChI=1S/C15H14N4O/c1-2-11-9-13(19-18-11)17-15(20)14-12-6-4-3-5-10(12)7-8-16-14/h3-9H,2H2,1H3,(H2,17,18,19,20). The molecule has 0 saturated heterocycles. The Balaban J connectivity index is 1.92. The minimum absolute atomic E-state index is 0.254. The molecule has 0 aliphatic heterocycles. The molecule has 0 unspecified atom stereocenters. The lowest BCUT2D eigenvalue weighted by molar-refractivity contribution is 0.102. The van der Waals surface area contributed by atoms with Crippen molar-refractivity contribution in [1.82, 2.24) is 15.2 Å². The molecule has 100 valence electrons. The number of hydrogen-bond donors (Lipinski definition) is 2. The highest BCUT2D eigenvalue weighted by atomic mass is 16.1. The summed E-state index contributed by atoms with van der Waals surface area (Å²) in [5.41, 5.74) is 1.38. The largest absolute Gasteiger partial charge is 0.304 e. The van der Waals surface area contributed by atoms with Gasteiger partial charge in [-0.05, 0) is 17.9 Å². The van der Waals surface area contributed by atoms with Crippen LogP contribution in [0.4, 0.5) is 5.82 Å². The van der Waals surface area contributed by atoms with Gasteiger partial charge in [-0.2, -0.15) is 5.10 Å². The first-order valence-electron chi connectivity index (χ1n) is 6.47. The number of nitrogens with zero attached hydrogens (tertiary/aromatic N) is 2. The molecule has 0 bridgehead atoms. The first kappa shape index (κ1) is 12.3. The molecule has 5 heteroatoms. The topological polar surface area (TPSA) is 70.7 Å². The molecule has 20 heavy (non-hydrogen) atoms. The number of pyridine rings is 1. The summed E-state index contributed by atoms with van der Waals surface area (Å²) in [6.07, 6.45) is 2.48. The van der Waals surface area contributed by atoms with Crippen LogP contribution in [-0.4, -0.2) is 21.1 Å². The summed E-state index contributed by atoms with van der Waals surface area (Å²) < 4.78 is 0. The van der Waals surface area contributed by atoms with E-state index < -0.39 is 0 Å². The second-order valence-electron chi connectivity index (χ2n) is 4.47. The maximum Gasteiger partial charge on any atom is 0.276 e. The van der Waals surface area contributed by atoms with Crippen LogP contribution in [0, 0.1) is 0 Å². The minimum atomic E-state index is -0.254. The number of aryl methyl sites for hydroxylation is 1. The number of fused-ring (bicyclic) bond motifs is 1. The van der Waals surface area contributed by atoms with Gasteiger partial charge in [-0.1, -0.05) is 31.2 Å². The van der Waals surface area contributed by atoms with Crippen LogP contribution in [0.25, 0.3) is 10.8 Å². The van der Waals surface area contributed by atoms with Crippen LogP contribution in [0.15, 0.2) is 42.6 Å². The lowest BCUT2D eigenvalue weighted by atomic mass is 10.1. The number of hydrogen-bond acceptors (Lipinski definition) is 3. The predicted octanol–water partition coefficient (Wildman–Crippen LogP) is 2.77. The quantitative estimate of drug-likeness (QED) is 0.765. The van der Waals surface area contributed by atoms with Gasteiger partial charge in [0.1, 0.15) is 5.69 Å².